The van der Waals surface area contributed by atoms with Crippen LogP contribution in [0.15, 0.2) is 60.9 Å². The van der Waals surface area contributed by atoms with Crippen molar-refractivity contribution in [3.63, 3.8) is 0 Å². The molecule has 0 radical (unpaired) electrons. The molecule has 1 aliphatic heterocycles. The normalized spacial score (nSPS) is 25.8. The number of pyridine rings is 2. The highest BCUT2D eigenvalue weighted by atomic mass is 16.5. The Kier molecular flexibility index (Phi) is 5.09. The number of likely N-dealkylation sites (tertiary alicyclic amines) is 1. The molecule has 0 unspecified atom stereocenters. The second-order valence-electron chi connectivity index (χ2n) is 8.32. The summed E-state index contributed by atoms with van der Waals surface area (Å²) in [6.07, 6.45) is 5.56. The number of fused-ring (bicyclic) bond motifs is 2. The molecular formula is C24H26N4O2. The van der Waals surface area contributed by atoms with Crippen LogP contribution in [0.4, 0.5) is 5.82 Å². The monoisotopic (exact) mass is 402 g/mol. The van der Waals surface area contributed by atoms with Crippen molar-refractivity contribution in [2.45, 2.75) is 25.0 Å². The smallest absolute Gasteiger partial charge is 0.254 e. The van der Waals surface area contributed by atoms with Gasteiger partial charge in [0.25, 0.3) is 5.91 Å². The third kappa shape index (κ3) is 3.52. The van der Waals surface area contributed by atoms with Gasteiger partial charge in [-0.15, -0.1) is 0 Å². The van der Waals surface area contributed by atoms with E-state index in [4.69, 9.17) is 4.74 Å². The maximum Gasteiger partial charge on any atom is 0.254 e. The number of carbonyl (C=O) groups is 1. The van der Waals surface area contributed by atoms with E-state index in [1.807, 2.05) is 53.4 Å². The summed E-state index contributed by atoms with van der Waals surface area (Å²) in [5.74, 6) is 1.91. The van der Waals surface area contributed by atoms with E-state index in [-0.39, 0.29) is 18.1 Å². The molecule has 1 aromatic carbocycles. The van der Waals surface area contributed by atoms with Gasteiger partial charge in [0.1, 0.15) is 5.82 Å². The number of ether oxygens (including phenoxy) is 1. The summed E-state index contributed by atoms with van der Waals surface area (Å²) in [4.78, 5) is 24.2. The van der Waals surface area contributed by atoms with Gasteiger partial charge in [-0.05, 0) is 48.9 Å². The van der Waals surface area contributed by atoms with Crippen molar-refractivity contribution in [1.29, 1.82) is 0 Å². The van der Waals surface area contributed by atoms with Crippen LogP contribution in [0.3, 0.4) is 0 Å². The van der Waals surface area contributed by atoms with Crippen molar-refractivity contribution in [2.24, 2.45) is 11.8 Å². The molecule has 1 saturated heterocycles. The van der Waals surface area contributed by atoms with Crippen LogP contribution in [0.5, 0.6) is 0 Å². The summed E-state index contributed by atoms with van der Waals surface area (Å²) in [7, 11) is 1.78. The topological polar surface area (TPSA) is 67.3 Å². The van der Waals surface area contributed by atoms with Gasteiger partial charge >= 0.3 is 0 Å². The molecular weight excluding hydrogens is 376 g/mol. The zero-order valence-corrected chi connectivity index (χ0v) is 17.1. The maximum atomic E-state index is 13.4. The second-order valence-corrected chi connectivity index (χ2v) is 8.32. The minimum atomic E-state index is 0.103. The van der Waals surface area contributed by atoms with Gasteiger partial charge in [-0.2, -0.15) is 0 Å². The van der Waals surface area contributed by atoms with E-state index < -0.39 is 0 Å². The van der Waals surface area contributed by atoms with Gasteiger partial charge in [-0.3, -0.25) is 9.78 Å². The molecule has 0 spiro atoms. The highest BCUT2D eigenvalue weighted by Crippen LogP contribution is 2.39. The van der Waals surface area contributed by atoms with Crippen molar-refractivity contribution in [1.82, 2.24) is 14.9 Å². The largest absolute Gasteiger partial charge is 0.379 e. The van der Waals surface area contributed by atoms with E-state index in [1.54, 1.807) is 19.5 Å². The van der Waals surface area contributed by atoms with E-state index in [1.165, 1.54) is 0 Å². The van der Waals surface area contributed by atoms with Crippen molar-refractivity contribution < 1.29 is 9.53 Å². The Morgan fingerprint density at radius 1 is 1.00 bits per heavy atom. The molecule has 154 valence electrons. The third-order valence-electron chi connectivity index (χ3n) is 6.58. The highest BCUT2D eigenvalue weighted by molar-refractivity contribution is 6.06. The number of amides is 1. The summed E-state index contributed by atoms with van der Waals surface area (Å²) in [5.41, 5.74) is 1.60. The molecule has 3 heterocycles. The standard InChI is InChI=1S/C24H26N4O2/c1-30-22-13-17-15-28(14-16(17)12-21(22)27-23-8-4-5-10-26-23)24(29)19-9-11-25-20-7-3-2-6-18(19)20/h2-11,16-17,21-22H,12-15H2,1H3,(H,26,27)/t16-,17+,21-,22-/m1/s1. The van der Waals surface area contributed by atoms with Crippen LogP contribution in [0.2, 0.25) is 0 Å². The SMILES string of the molecule is CO[C@@H]1C[C@H]2CN(C(=O)c3ccnc4ccccc34)C[C@H]2C[C@H]1Nc1ccccn1. The summed E-state index contributed by atoms with van der Waals surface area (Å²) >= 11 is 0. The number of anilines is 1. The van der Waals surface area contributed by atoms with Crippen molar-refractivity contribution in [2.75, 3.05) is 25.5 Å². The minimum absolute atomic E-state index is 0.103. The van der Waals surface area contributed by atoms with Gasteiger partial charge in [0.15, 0.2) is 0 Å². The number of hydrogen-bond acceptors (Lipinski definition) is 5. The number of para-hydroxylation sites is 1. The summed E-state index contributed by atoms with van der Waals surface area (Å²) in [6, 6.07) is 15.8. The van der Waals surface area contributed by atoms with E-state index in [9.17, 15) is 4.79 Å². The summed E-state index contributed by atoms with van der Waals surface area (Å²) < 4.78 is 5.82. The maximum absolute atomic E-state index is 13.4. The van der Waals surface area contributed by atoms with E-state index >= 15 is 0 Å². The molecule has 1 aliphatic carbocycles. The lowest BCUT2D eigenvalue weighted by molar-refractivity contribution is 0.0304. The molecule has 0 bridgehead atoms. The molecule has 4 atom stereocenters. The molecule has 3 aromatic rings. The first-order valence-electron chi connectivity index (χ1n) is 10.6. The lowest BCUT2D eigenvalue weighted by atomic mass is 9.77. The van der Waals surface area contributed by atoms with Crippen molar-refractivity contribution in [3.05, 3.63) is 66.5 Å². The number of benzene rings is 1. The van der Waals surface area contributed by atoms with Gasteiger partial charge in [0.2, 0.25) is 0 Å². The lowest BCUT2D eigenvalue weighted by Gasteiger charge is -2.37. The number of nitrogens with one attached hydrogen (secondary N) is 1. The molecule has 1 N–H and O–H groups in total. The first kappa shape index (κ1) is 19.0. The number of methoxy groups -OCH3 is 1. The molecule has 6 nitrogen and oxygen atoms in total. The Balaban J connectivity index is 1.33. The van der Waals surface area contributed by atoms with E-state index in [0.717, 1.165) is 48.2 Å². The Morgan fingerprint density at radius 2 is 1.80 bits per heavy atom. The number of carbonyl (C=O) groups excluding carboxylic acids is 1. The Bertz CT molecular complexity index is 1040. The average Bonchev–Trinajstić information content (AvgIpc) is 3.21. The van der Waals surface area contributed by atoms with Crippen LogP contribution < -0.4 is 5.32 Å². The van der Waals surface area contributed by atoms with Crippen LogP contribution >= 0.6 is 0 Å². The fraction of sp³-hybridized carbons (Fsp3) is 0.375. The van der Waals surface area contributed by atoms with Gasteiger partial charge in [0, 0.05) is 38.0 Å². The molecule has 1 amide bonds. The lowest BCUT2D eigenvalue weighted by Crippen LogP contribution is -2.44. The minimum Gasteiger partial charge on any atom is -0.379 e. The predicted octanol–water partition coefficient (Wildman–Crippen LogP) is 3.61. The van der Waals surface area contributed by atoms with Crippen LogP contribution in [-0.4, -0.2) is 53.1 Å². The number of rotatable bonds is 4. The fourth-order valence-electron chi connectivity index (χ4n) is 5.08. The van der Waals surface area contributed by atoms with Gasteiger partial charge in [-0.1, -0.05) is 24.3 Å². The van der Waals surface area contributed by atoms with Gasteiger partial charge in [0.05, 0.1) is 23.2 Å². The Hall–Kier alpha value is -2.99. The highest BCUT2D eigenvalue weighted by Gasteiger charge is 2.44. The van der Waals surface area contributed by atoms with Crippen molar-refractivity contribution >= 4 is 22.6 Å². The molecule has 6 heteroatoms. The van der Waals surface area contributed by atoms with Crippen LogP contribution in [0.1, 0.15) is 23.2 Å². The van der Waals surface area contributed by atoms with Crippen LogP contribution in [-0.2, 0) is 4.74 Å². The molecule has 2 fully saturated rings. The van der Waals surface area contributed by atoms with Crippen LogP contribution in [0.25, 0.3) is 10.9 Å². The zero-order chi connectivity index (χ0) is 20.5. The van der Waals surface area contributed by atoms with E-state index in [2.05, 4.69) is 15.3 Å². The predicted molar refractivity (Wildman–Crippen MR) is 116 cm³/mol. The van der Waals surface area contributed by atoms with Gasteiger partial charge < -0.3 is 15.0 Å². The fourth-order valence-corrected chi connectivity index (χ4v) is 5.08. The quantitative estimate of drug-likeness (QED) is 0.722. The zero-order valence-electron chi connectivity index (χ0n) is 17.1. The Morgan fingerprint density at radius 3 is 2.60 bits per heavy atom. The summed E-state index contributed by atoms with van der Waals surface area (Å²) in [6.45, 7) is 1.58. The Labute approximate surface area is 176 Å². The molecule has 1 saturated carbocycles. The molecule has 5 rings (SSSR count). The number of nitrogens with zero attached hydrogens (tertiary/aromatic N) is 3. The van der Waals surface area contributed by atoms with Crippen LogP contribution in [0, 0.1) is 11.8 Å². The van der Waals surface area contributed by atoms with Crippen molar-refractivity contribution in [3.8, 4) is 0 Å². The average molecular weight is 402 g/mol. The number of aromatic nitrogens is 2. The van der Waals surface area contributed by atoms with Gasteiger partial charge in [-0.25, -0.2) is 4.98 Å². The molecule has 30 heavy (non-hydrogen) atoms. The molecule has 2 aromatic heterocycles. The second kappa shape index (κ2) is 8.03. The molecule has 2 aliphatic rings. The first-order valence-corrected chi connectivity index (χ1v) is 10.6. The van der Waals surface area contributed by atoms with E-state index in [0.29, 0.717) is 11.8 Å². The third-order valence-corrected chi connectivity index (χ3v) is 6.58. The number of hydrogen-bond donors (Lipinski definition) is 1. The first-order chi connectivity index (χ1) is 14.7. The summed E-state index contributed by atoms with van der Waals surface area (Å²) in [5, 5.41) is 4.47.